The van der Waals surface area contributed by atoms with Crippen molar-refractivity contribution in [3.63, 3.8) is 0 Å². The predicted octanol–water partition coefficient (Wildman–Crippen LogP) is -1.00. The summed E-state index contributed by atoms with van der Waals surface area (Å²) < 4.78 is 0. The van der Waals surface area contributed by atoms with Gasteiger partial charge in [-0.3, -0.25) is 0 Å². The lowest BCUT2D eigenvalue weighted by atomic mass is 9.82. The van der Waals surface area contributed by atoms with Crippen molar-refractivity contribution in [3.8, 4) is 0 Å². The molecule has 0 aliphatic rings. The minimum Gasteiger partial charge on any atom is -0.423 e. The molecule has 1 rings (SSSR count). The van der Waals surface area contributed by atoms with E-state index in [2.05, 4.69) is 4.98 Å². The second-order valence-corrected chi connectivity index (χ2v) is 2.35. The summed E-state index contributed by atoms with van der Waals surface area (Å²) in [7, 11) is -1.60. The lowest BCUT2D eigenvalue weighted by Crippen LogP contribution is -2.31. The molecule has 1 aromatic rings. The van der Waals surface area contributed by atoms with Gasteiger partial charge in [0, 0.05) is 5.46 Å². The van der Waals surface area contributed by atoms with Crippen LogP contribution in [0, 0.1) is 0 Å². The number of nitrogens with two attached hydrogens (primary N) is 1. The van der Waals surface area contributed by atoms with Crippen molar-refractivity contribution in [1.82, 2.24) is 4.98 Å². The van der Waals surface area contributed by atoms with Gasteiger partial charge < -0.3 is 15.8 Å². The second kappa shape index (κ2) is 3.08. The number of hydrogen-bond donors (Lipinski definition) is 3. The largest absolute Gasteiger partial charge is 0.491 e. The van der Waals surface area contributed by atoms with Crippen molar-refractivity contribution in [2.24, 2.45) is 0 Å². The average Bonchev–Trinajstić information content (AvgIpc) is 1.85. The molecule has 0 fully saturated rings. The topological polar surface area (TPSA) is 79.4 Å². The summed E-state index contributed by atoms with van der Waals surface area (Å²) in [5.41, 5.74) is 5.42. The van der Waals surface area contributed by atoms with Crippen molar-refractivity contribution >= 4 is 30.0 Å². The zero-order valence-electron chi connectivity index (χ0n) is 5.53. The normalized spacial score (nSPS) is 9.73. The minimum atomic E-state index is -1.60. The molecular weight excluding hydrogens is 166 g/mol. The number of pyridine rings is 1. The molecule has 0 aliphatic carbocycles. The second-order valence-electron chi connectivity index (χ2n) is 1.99. The quantitative estimate of drug-likeness (QED) is 0.375. The fourth-order valence-electron chi connectivity index (χ4n) is 0.652. The van der Waals surface area contributed by atoms with Gasteiger partial charge in [0.2, 0.25) is 0 Å². The van der Waals surface area contributed by atoms with Crippen LogP contribution in [0.1, 0.15) is 0 Å². The van der Waals surface area contributed by atoms with Crippen molar-refractivity contribution in [1.29, 1.82) is 0 Å². The SMILES string of the molecule is Nc1ccc(B(O)O)c(Cl)n1. The highest BCUT2D eigenvalue weighted by atomic mass is 35.5. The first-order valence-electron chi connectivity index (χ1n) is 2.89. The molecule has 11 heavy (non-hydrogen) atoms. The molecule has 0 radical (unpaired) electrons. The molecule has 0 bridgehead atoms. The van der Waals surface area contributed by atoms with Gasteiger partial charge in [0.05, 0.1) is 0 Å². The molecule has 58 valence electrons. The zero-order valence-corrected chi connectivity index (χ0v) is 6.28. The molecule has 0 unspecified atom stereocenters. The van der Waals surface area contributed by atoms with E-state index in [1.54, 1.807) is 0 Å². The maximum absolute atomic E-state index is 8.69. The summed E-state index contributed by atoms with van der Waals surface area (Å²) >= 11 is 5.51. The van der Waals surface area contributed by atoms with E-state index in [0.717, 1.165) is 0 Å². The summed E-state index contributed by atoms with van der Waals surface area (Å²) in [6, 6.07) is 2.86. The Morgan fingerprint density at radius 3 is 2.55 bits per heavy atom. The molecule has 4 N–H and O–H groups in total. The monoisotopic (exact) mass is 172 g/mol. The molecule has 0 aliphatic heterocycles. The average molecular weight is 172 g/mol. The van der Waals surface area contributed by atoms with Crippen LogP contribution in [0.3, 0.4) is 0 Å². The maximum Gasteiger partial charge on any atom is 0.491 e. The highest BCUT2D eigenvalue weighted by Crippen LogP contribution is 2.04. The van der Waals surface area contributed by atoms with Gasteiger partial charge in [0.1, 0.15) is 11.0 Å². The van der Waals surface area contributed by atoms with Gasteiger partial charge in [-0.15, -0.1) is 0 Å². The number of nitrogen functional groups attached to an aromatic ring is 1. The first-order chi connectivity index (χ1) is 5.11. The van der Waals surface area contributed by atoms with Gasteiger partial charge in [-0.05, 0) is 6.07 Å². The number of halogens is 1. The van der Waals surface area contributed by atoms with Gasteiger partial charge in [-0.1, -0.05) is 17.7 Å². The first-order valence-corrected chi connectivity index (χ1v) is 3.27. The van der Waals surface area contributed by atoms with E-state index >= 15 is 0 Å². The molecule has 0 atom stereocenters. The van der Waals surface area contributed by atoms with Crippen molar-refractivity contribution in [2.75, 3.05) is 5.73 Å². The van der Waals surface area contributed by atoms with E-state index in [9.17, 15) is 0 Å². The molecule has 0 saturated carbocycles. The van der Waals surface area contributed by atoms with E-state index in [4.69, 9.17) is 27.4 Å². The van der Waals surface area contributed by atoms with E-state index in [-0.39, 0.29) is 16.4 Å². The molecule has 6 heteroatoms. The fourth-order valence-corrected chi connectivity index (χ4v) is 0.910. The zero-order chi connectivity index (χ0) is 8.43. The predicted molar refractivity (Wildman–Crippen MR) is 43.5 cm³/mol. The lowest BCUT2D eigenvalue weighted by Gasteiger charge is -2.01. The van der Waals surface area contributed by atoms with E-state index < -0.39 is 7.12 Å². The molecule has 0 spiro atoms. The highest BCUT2D eigenvalue weighted by molar-refractivity contribution is 6.62. The summed E-state index contributed by atoms with van der Waals surface area (Å²) in [4.78, 5) is 3.62. The van der Waals surface area contributed by atoms with Gasteiger partial charge in [-0.25, -0.2) is 4.98 Å². The third-order valence-electron chi connectivity index (χ3n) is 1.18. The third kappa shape index (κ3) is 1.83. The van der Waals surface area contributed by atoms with Crippen LogP contribution >= 0.6 is 11.6 Å². The number of rotatable bonds is 1. The smallest absolute Gasteiger partial charge is 0.423 e. The summed E-state index contributed by atoms with van der Waals surface area (Å²) in [6.07, 6.45) is 0. The third-order valence-corrected chi connectivity index (χ3v) is 1.48. The van der Waals surface area contributed by atoms with Crippen LogP contribution in [0.2, 0.25) is 5.15 Å². The Morgan fingerprint density at radius 1 is 1.45 bits per heavy atom. The van der Waals surface area contributed by atoms with Gasteiger partial charge in [-0.2, -0.15) is 0 Å². The van der Waals surface area contributed by atoms with E-state index in [1.807, 2.05) is 0 Å². The Kier molecular flexibility index (Phi) is 2.33. The van der Waals surface area contributed by atoms with Crippen LogP contribution in [-0.2, 0) is 0 Å². The Balaban J connectivity index is 3.09. The minimum absolute atomic E-state index is 0.0139. The molecule has 0 aromatic carbocycles. The summed E-state index contributed by atoms with van der Waals surface area (Å²) in [5.74, 6) is 0.249. The Morgan fingerprint density at radius 2 is 2.09 bits per heavy atom. The van der Waals surface area contributed by atoms with Crippen molar-refractivity contribution < 1.29 is 10.0 Å². The number of hydrogen-bond acceptors (Lipinski definition) is 4. The van der Waals surface area contributed by atoms with Gasteiger partial charge in [0.25, 0.3) is 0 Å². The molecule has 4 nitrogen and oxygen atoms in total. The van der Waals surface area contributed by atoms with Crippen LogP contribution in [0.4, 0.5) is 5.82 Å². The Labute approximate surface area is 68.8 Å². The Hall–Kier alpha value is -0.775. The van der Waals surface area contributed by atoms with E-state index in [0.29, 0.717) is 0 Å². The van der Waals surface area contributed by atoms with Crippen LogP contribution in [-0.4, -0.2) is 22.2 Å². The summed E-state index contributed by atoms with van der Waals surface area (Å²) in [6.45, 7) is 0. The molecule has 0 saturated heterocycles. The molecule has 0 amide bonds. The van der Waals surface area contributed by atoms with Crippen LogP contribution < -0.4 is 11.2 Å². The van der Waals surface area contributed by atoms with Crippen LogP contribution in [0.25, 0.3) is 0 Å². The first kappa shape index (κ1) is 8.32. The highest BCUT2D eigenvalue weighted by Gasteiger charge is 2.15. The van der Waals surface area contributed by atoms with Crippen molar-refractivity contribution in [2.45, 2.75) is 0 Å². The van der Waals surface area contributed by atoms with Crippen molar-refractivity contribution in [3.05, 3.63) is 17.3 Å². The number of nitrogens with zero attached hydrogens (tertiary/aromatic N) is 1. The number of anilines is 1. The van der Waals surface area contributed by atoms with E-state index in [1.165, 1.54) is 12.1 Å². The molecular formula is C5H6BClN2O2. The van der Waals surface area contributed by atoms with Gasteiger partial charge >= 0.3 is 7.12 Å². The van der Waals surface area contributed by atoms with Gasteiger partial charge in [0.15, 0.2) is 0 Å². The summed E-state index contributed by atoms with van der Waals surface area (Å²) in [5, 5.41) is 17.4. The lowest BCUT2D eigenvalue weighted by molar-refractivity contribution is 0.425. The standard InChI is InChI=1S/C5H6BClN2O2/c7-5-3(6(10)11)1-2-4(8)9-5/h1-2,10-11H,(H2,8,9). The Bertz CT molecular complexity index is 269. The van der Waals surface area contributed by atoms with Crippen LogP contribution in [0.15, 0.2) is 12.1 Å². The molecule has 1 aromatic heterocycles. The fraction of sp³-hybridized carbons (Fsp3) is 0. The molecule has 1 heterocycles. The van der Waals surface area contributed by atoms with Crippen LogP contribution in [0.5, 0.6) is 0 Å². The maximum atomic E-state index is 8.69. The number of aromatic nitrogens is 1.